The Balaban J connectivity index is 2.16. The monoisotopic (exact) mass is 187 g/mol. The summed E-state index contributed by atoms with van der Waals surface area (Å²) in [6.45, 7) is 3.90. The number of hydrogen-bond donors (Lipinski definition) is 2. The molecular weight excluding hydrogens is 166 g/mol. The van der Waals surface area contributed by atoms with Crippen molar-refractivity contribution in [2.45, 2.75) is 25.7 Å². The van der Waals surface area contributed by atoms with Gasteiger partial charge in [-0.15, -0.1) is 0 Å². The quantitative estimate of drug-likeness (QED) is 0.657. The summed E-state index contributed by atoms with van der Waals surface area (Å²) in [6, 6.07) is 0. The van der Waals surface area contributed by atoms with E-state index in [1.165, 1.54) is 19.4 Å². The standard InChI is InChI=1S/C10H21NO2/c12-7-2-6-11-5-1-3-10(9-11)4-8-13/h10,12-13H,1-9H2. The van der Waals surface area contributed by atoms with Gasteiger partial charge in [-0.3, -0.25) is 0 Å². The normalized spacial score (nSPS) is 24.9. The third kappa shape index (κ3) is 4.07. The molecule has 1 atom stereocenters. The summed E-state index contributed by atoms with van der Waals surface area (Å²) in [7, 11) is 0. The first-order valence-corrected chi connectivity index (χ1v) is 5.31. The van der Waals surface area contributed by atoms with Crippen molar-refractivity contribution in [3.05, 3.63) is 0 Å². The molecule has 78 valence electrons. The molecule has 0 aromatic heterocycles. The van der Waals surface area contributed by atoms with E-state index in [1.807, 2.05) is 0 Å². The van der Waals surface area contributed by atoms with E-state index in [0.29, 0.717) is 19.1 Å². The summed E-state index contributed by atoms with van der Waals surface area (Å²) in [6.07, 6.45) is 4.33. The lowest BCUT2D eigenvalue weighted by Crippen LogP contribution is -2.36. The van der Waals surface area contributed by atoms with Crippen molar-refractivity contribution in [2.75, 3.05) is 32.8 Å². The lowest BCUT2D eigenvalue weighted by Gasteiger charge is -2.32. The zero-order valence-corrected chi connectivity index (χ0v) is 8.28. The van der Waals surface area contributed by atoms with Gasteiger partial charge < -0.3 is 15.1 Å². The van der Waals surface area contributed by atoms with Crippen LogP contribution in [0.3, 0.4) is 0 Å². The van der Waals surface area contributed by atoms with Crippen molar-refractivity contribution < 1.29 is 10.2 Å². The fraction of sp³-hybridized carbons (Fsp3) is 1.00. The summed E-state index contributed by atoms with van der Waals surface area (Å²) in [5, 5.41) is 17.5. The van der Waals surface area contributed by atoms with Gasteiger partial charge in [0.25, 0.3) is 0 Å². The van der Waals surface area contributed by atoms with Crippen LogP contribution in [0.4, 0.5) is 0 Å². The Labute approximate surface area is 80.4 Å². The maximum absolute atomic E-state index is 8.82. The molecule has 1 rings (SSSR count). The lowest BCUT2D eigenvalue weighted by molar-refractivity contribution is 0.138. The predicted octanol–water partition coefficient (Wildman–Crippen LogP) is 0.463. The second kappa shape index (κ2) is 6.35. The van der Waals surface area contributed by atoms with Gasteiger partial charge in [0.05, 0.1) is 0 Å². The van der Waals surface area contributed by atoms with E-state index < -0.39 is 0 Å². The van der Waals surface area contributed by atoms with Gasteiger partial charge in [-0.25, -0.2) is 0 Å². The van der Waals surface area contributed by atoms with E-state index in [4.69, 9.17) is 10.2 Å². The molecule has 1 aliphatic heterocycles. The van der Waals surface area contributed by atoms with Gasteiger partial charge in [0.1, 0.15) is 0 Å². The van der Waals surface area contributed by atoms with Crippen LogP contribution in [0.1, 0.15) is 25.7 Å². The van der Waals surface area contributed by atoms with Crippen molar-refractivity contribution in [3.8, 4) is 0 Å². The van der Waals surface area contributed by atoms with Crippen LogP contribution in [0.15, 0.2) is 0 Å². The first-order chi connectivity index (χ1) is 6.36. The smallest absolute Gasteiger partial charge is 0.0443 e. The first-order valence-electron chi connectivity index (χ1n) is 5.31. The van der Waals surface area contributed by atoms with Gasteiger partial charge in [-0.1, -0.05) is 0 Å². The summed E-state index contributed by atoms with van der Waals surface area (Å²) in [4.78, 5) is 2.40. The molecule has 2 N–H and O–H groups in total. The van der Waals surface area contributed by atoms with E-state index in [-0.39, 0.29) is 0 Å². The predicted molar refractivity (Wildman–Crippen MR) is 52.6 cm³/mol. The second-order valence-electron chi connectivity index (χ2n) is 3.90. The molecule has 0 radical (unpaired) electrons. The Bertz CT molecular complexity index is 128. The molecule has 0 spiro atoms. The van der Waals surface area contributed by atoms with Crippen molar-refractivity contribution in [3.63, 3.8) is 0 Å². The fourth-order valence-electron chi connectivity index (χ4n) is 2.07. The molecule has 0 saturated carbocycles. The topological polar surface area (TPSA) is 43.7 Å². The molecule has 0 amide bonds. The minimum Gasteiger partial charge on any atom is -0.396 e. The molecule has 13 heavy (non-hydrogen) atoms. The first kappa shape index (κ1) is 11.0. The number of nitrogens with zero attached hydrogens (tertiary/aromatic N) is 1. The summed E-state index contributed by atoms with van der Waals surface area (Å²) in [5.74, 6) is 0.678. The molecule has 3 heteroatoms. The van der Waals surface area contributed by atoms with Crippen LogP contribution in [-0.2, 0) is 0 Å². The Morgan fingerprint density at radius 1 is 1.23 bits per heavy atom. The minimum atomic E-state index is 0.293. The molecular formula is C10H21NO2. The zero-order chi connectivity index (χ0) is 9.52. The van der Waals surface area contributed by atoms with Gasteiger partial charge in [-0.2, -0.15) is 0 Å². The van der Waals surface area contributed by atoms with Gasteiger partial charge >= 0.3 is 0 Å². The van der Waals surface area contributed by atoms with E-state index in [1.54, 1.807) is 0 Å². The molecule has 1 unspecified atom stereocenters. The van der Waals surface area contributed by atoms with Gasteiger partial charge in [0.15, 0.2) is 0 Å². The van der Waals surface area contributed by atoms with E-state index in [0.717, 1.165) is 25.9 Å². The van der Waals surface area contributed by atoms with Gasteiger partial charge in [0, 0.05) is 26.3 Å². The third-order valence-corrected chi connectivity index (χ3v) is 2.77. The molecule has 1 saturated heterocycles. The van der Waals surface area contributed by atoms with Crippen LogP contribution in [-0.4, -0.2) is 48.0 Å². The largest absolute Gasteiger partial charge is 0.396 e. The maximum Gasteiger partial charge on any atom is 0.0443 e. The average molecular weight is 187 g/mol. The molecule has 1 heterocycles. The molecule has 0 aromatic carbocycles. The lowest BCUT2D eigenvalue weighted by atomic mass is 9.95. The zero-order valence-electron chi connectivity index (χ0n) is 8.28. The van der Waals surface area contributed by atoms with E-state index in [2.05, 4.69) is 4.90 Å². The average Bonchev–Trinajstić information content (AvgIpc) is 2.16. The SMILES string of the molecule is OCCCN1CCCC(CCO)C1. The highest BCUT2D eigenvalue weighted by Gasteiger charge is 2.18. The van der Waals surface area contributed by atoms with Gasteiger partial charge in [0.2, 0.25) is 0 Å². The highest BCUT2D eigenvalue weighted by atomic mass is 16.3. The number of aliphatic hydroxyl groups is 2. The maximum atomic E-state index is 8.82. The summed E-state index contributed by atoms with van der Waals surface area (Å²) >= 11 is 0. The van der Waals surface area contributed by atoms with Crippen LogP contribution in [0, 0.1) is 5.92 Å². The molecule has 0 aromatic rings. The number of hydrogen-bond acceptors (Lipinski definition) is 3. The molecule has 0 bridgehead atoms. The summed E-state index contributed by atoms with van der Waals surface area (Å²) < 4.78 is 0. The van der Waals surface area contributed by atoms with Crippen molar-refractivity contribution in [1.82, 2.24) is 4.90 Å². The second-order valence-corrected chi connectivity index (χ2v) is 3.90. The Morgan fingerprint density at radius 2 is 2.08 bits per heavy atom. The van der Waals surface area contributed by atoms with E-state index in [9.17, 15) is 0 Å². The fourth-order valence-corrected chi connectivity index (χ4v) is 2.07. The Hall–Kier alpha value is -0.120. The minimum absolute atomic E-state index is 0.293. The Kier molecular flexibility index (Phi) is 5.35. The molecule has 1 aliphatic rings. The van der Waals surface area contributed by atoms with E-state index >= 15 is 0 Å². The van der Waals surface area contributed by atoms with Crippen LogP contribution >= 0.6 is 0 Å². The molecule has 0 aliphatic carbocycles. The van der Waals surface area contributed by atoms with Crippen LogP contribution in [0.25, 0.3) is 0 Å². The van der Waals surface area contributed by atoms with Crippen molar-refractivity contribution in [1.29, 1.82) is 0 Å². The molecule has 1 fully saturated rings. The Morgan fingerprint density at radius 3 is 2.77 bits per heavy atom. The number of likely N-dealkylation sites (tertiary alicyclic amines) is 1. The third-order valence-electron chi connectivity index (χ3n) is 2.77. The summed E-state index contributed by atoms with van der Waals surface area (Å²) in [5.41, 5.74) is 0. The number of rotatable bonds is 5. The van der Waals surface area contributed by atoms with Crippen LogP contribution in [0.5, 0.6) is 0 Å². The molecule has 3 nitrogen and oxygen atoms in total. The van der Waals surface area contributed by atoms with Crippen molar-refractivity contribution in [2.24, 2.45) is 5.92 Å². The number of piperidine rings is 1. The van der Waals surface area contributed by atoms with Crippen LogP contribution < -0.4 is 0 Å². The number of aliphatic hydroxyl groups excluding tert-OH is 2. The highest BCUT2D eigenvalue weighted by Crippen LogP contribution is 2.18. The highest BCUT2D eigenvalue weighted by molar-refractivity contribution is 4.72. The van der Waals surface area contributed by atoms with Crippen LogP contribution in [0.2, 0.25) is 0 Å². The van der Waals surface area contributed by atoms with Gasteiger partial charge in [-0.05, 0) is 38.1 Å². The van der Waals surface area contributed by atoms with Crippen molar-refractivity contribution >= 4 is 0 Å².